The Balaban J connectivity index is 2.12. The van der Waals surface area contributed by atoms with Gasteiger partial charge < -0.3 is 14.6 Å². The van der Waals surface area contributed by atoms with Crippen molar-refractivity contribution in [3.8, 4) is 0 Å². The van der Waals surface area contributed by atoms with Crippen molar-refractivity contribution in [1.82, 2.24) is 4.90 Å². The average Bonchev–Trinajstić information content (AvgIpc) is 2.78. The molecule has 0 bridgehead atoms. The van der Waals surface area contributed by atoms with Crippen LogP contribution >= 0.6 is 0 Å². The van der Waals surface area contributed by atoms with Crippen LogP contribution in [0.2, 0.25) is 0 Å². The monoisotopic (exact) mass is 257 g/mol. The summed E-state index contributed by atoms with van der Waals surface area (Å²) in [5.74, 6) is 1.18. The zero-order valence-corrected chi connectivity index (χ0v) is 12.1. The Hall–Kier alpha value is -0.160. The molecule has 0 unspecified atom stereocenters. The largest absolute Gasteiger partial charge is 0.394 e. The molecule has 1 N–H and O–H groups in total. The Morgan fingerprint density at radius 2 is 1.50 bits per heavy atom. The van der Waals surface area contributed by atoms with Crippen LogP contribution in [0.25, 0.3) is 0 Å². The predicted molar refractivity (Wildman–Crippen MR) is 70.0 cm³/mol. The van der Waals surface area contributed by atoms with Gasteiger partial charge in [0.2, 0.25) is 0 Å². The first-order valence-corrected chi connectivity index (χ1v) is 7.11. The van der Waals surface area contributed by atoms with Gasteiger partial charge in [-0.05, 0) is 24.7 Å². The Morgan fingerprint density at radius 3 is 1.83 bits per heavy atom. The van der Waals surface area contributed by atoms with Crippen molar-refractivity contribution in [3.63, 3.8) is 0 Å². The molecule has 0 saturated carbocycles. The van der Waals surface area contributed by atoms with Gasteiger partial charge in [-0.2, -0.15) is 0 Å². The van der Waals surface area contributed by atoms with Crippen molar-refractivity contribution >= 4 is 0 Å². The molecule has 2 rings (SSSR count). The number of rotatable bonds is 5. The zero-order chi connectivity index (χ0) is 13.3. The van der Waals surface area contributed by atoms with Gasteiger partial charge in [-0.3, -0.25) is 0 Å². The van der Waals surface area contributed by atoms with Crippen LogP contribution in [0.15, 0.2) is 0 Å². The van der Waals surface area contributed by atoms with Crippen LogP contribution in [0.3, 0.4) is 0 Å². The molecule has 0 amide bonds. The van der Waals surface area contributed by atoms with Gasteiger partial charge in [0.25, 0.3) is 0 Å². The van der Waals surface area contributed by atoms with Gasteiger partial charge in [-0.1, -0.05) is 27.7 Å². The maximum atomic E-state index is 9.73. The van der Waals surface area contributed by atoms with E-state index in [2.05, 4.69) is 32.6 Å². The topological polar surface area (TPSA) is 41.9 Å². The molecule has 4 nitrogen and oxygen atoms in total. The molecule has 0 aromatic heterocycles. The average molecular weight is 257 g/mol. The van der Waals surface area contributed by atoms with Gasteiger partial charge in [0, 0.05) is 0 Å². The van der Waals surface area contributed by atoms with Crippen LogP contribution in [0, 0.1) is 11.8 Å². The van der Waals surface area contributed by atoms with E-state index in [9.17, 15) is 5.11 Å². The summed E-state index contributed by atoms with van der Waals surface area (Å²) in [6, 6.07) is 0. The van der Waals surface area contributed by atoms with Crippen LogP contribution < -0.4 is 0 Å². The molecule has 2 atom stereocenters. The van der Waals surface area contributed by atoms with Crippen LogP contribution in [-0.2, 0) is 9.47 Å². The summed E-state index contributed by atoms with van der Waals surface area (Å²) < 4.78 is 11.8. The summed E-state index contributed by atoms with van der Waals surface area (Å²) in [6.07, 6.45) is 2.20. The third-order valence-corrected chi connectivity index (χ3v) is 3.90. The number of fused-ring (bicyclic) bond motifs is 1. The van der Waals surface area contributed by atoms with Gasteiger partial charge >= 0.3 is 0 Å². The van der Waals surface area contributed by atoms with Crippen LogP contribution in [-0.4, -0.2) is 47.8 Å². The minimum absolute atomic E-state index is 0.100. The highest BCUT2D eigenvalue weighted by Gasteiger charge is 2.55. The molecule has 2 saturated heterocycles. The molecule has 4 heteroatoms. The minimum atomic E-state index is -0.293. The normalized spacial score (nSPS) is 31.5. The Morgan fingerprint density at radius 1 is 1.06 bits per heavy atom. The Labute approximate surface area is 110 Å². The van der Waals surface area contributed by atoms with Gasteiger partial charge in [-0.25, -0.2) is 4.90 Å². The molecule has 0 spiro atoms. The van der Waals surface area contributed by atoms with E-state index in [4.69, 9.17) is 9.47 Å². The third kappa shape index (κ3) is 2.57. The van der Waals surface area contributed by atoms with Gasteiger partial charge in [0.05, 0.1) is 25.4 Å². The number of aliphatic hydroxyl groups excluding tert-OH is 1. The van der Waals surface area contributed by atoms with Gasteiger partial charge in [-0.15, -0.1) is 0 Å². The maximum absolute atomic E-state index is 9.73. The predicted octanol–water partition coefficient (Wildman–Crippen LogP) is 1.82. The molecule has 2 fully saturated rings. The molecule has 18 heavy (non-hydrogen) atoms. The lowest BCUT2D eigenvalue weighted by molar-refractivity contribution is -0.0736. The van der Waals surface area contributed by atoms with Gasteiger partial charge in [0.1, 0.15) is 12.5 Å². The van der Waals surface area contributed by atoms with E-state index in [1.54, 1.807) is 0 Å². The fraction of sp³-hybridized carbons (Fsp3) is 1.00. The van der Waals surface area contributed by atoms with Crippen molar-refractivity contribution in [2.24, 2.45) is 11.8 Å². The molecule has 0 aromatic rings. The SMILES string of the molecule is CC(C)C[C@@H]1OCC2(CO)CO[C@@H](CC(C)C)N12. The number of hydrogen-bond acceptors (Lipinski definition) is 4. The number of nitrogens with zero attached hydrogens (tertiary/aromatic N) is 1. The van der Waals surface area contributed by atoms with E-state index in [0.29, 0.717) is 25.0 Å². The molecule has 2 aliphatic rings. The fourth-order valence-corrected chi connectivity index (χ4v) is 2.99. The lowest BCUT2D eigenvalue weighted by atomic mass is 10.00. The van der Waals surface area contributed by atoms with E-state index >= 15 is 0 Å². The molecule has 106 valence electrons. The molecule has 2 aliphatic heterocycles. The second kappa shape index (κ2) is 5.45. The highest BCUT2D eigenvalue weighted by atomic mass is 16.6. The molecule has 0 radical (unpaired) electrons. The van der Waals surface area contributed by atoms with Crippen molar-refractivity contribution in [1.29, 1.82) is 0 Å². The summed E-state index contributed by atoms with van der Waals surface area (Å²) in [5, 5.41) is 9.73. The van der Waals surface area contributed by atoms with E-state index in [-0.39, 0.29) is 24.6 Å². The molecule has 2 heterocycles. The number of ether oxygens (including phenoxy) is 2. The Bertz CT molecular complexity index is 258. The fourth-order valence-electron chi connectivity index (χ4n) is 2.99. The summed E-state index contributed by atoms with van der Waals surface area (Å²) in [6.45, 7) is 10.1. The second-order valence-corrected chi connectivity index (χ2v) is 6.58. The number of aliphatic hydroxyl groups is 1. The summed E-state index contributed by atoms with van der Waals surface area (Å²) >= 11 is 0. The first-order valence-electron chi connectivity index (χ1n) is 7.11. The highest BCUT2D eigenvalue weighted by Crippen LogP contribution is 2.39. The van der Waals surface area contributed by atoms with E-state index in [1.165, 1.54) is 0 Å². The summed E-state index contributed by atoms with van der Waals surface area (Å²) in [5.41, 5.74) is -0.293. The molecular formula is C14H27NO3. The first kappa shape index (κ1) is 14.3. The maximum Gasteiger partial charge on any atom is 0.113 e. The molecular weight excluding hydrogens is 230 g/mol. The summed E-state index contributed by atoms with van der Waals surface area (Å²) in [7, 11) is 0. The highest BCUT2D eigenvalue weighted by molar-refractivity contribution is 5.02. The zero-order valence-electron chi connectivity index (χ0n) is 12.1. The van der Waals surface area contributed by atoms with Crippen molar-refractivity contribution in [2.45, 2.75) is 58.5 Å². The summed E-state index contributed by atoms with van der Waals surface area (Å²) in [4.78, 5) is 2.30. The number of hydrogen-bond donors (Lipinski definition) is 1. The molecule has 0 aromatic carbocycles. The van der Waals surface area contributed by atoms with E-state index < -0.39 is 0 Å². The first-order chi connectivity index (χ1) is 8.48. The standard InChI is InChI=1S/C14H27NO3/c1-10(2)5-12-15-13(6-11(3)4)18-9-14(15,7-16)8-17-12/h10-13,16H,5-9H2,1-4H3/t12-,13-/m0/s1. The third-order valence-electron chi connectivity index (χ3n) is 3.90. The van der Waals surface area contributed by atoms with Gasteiger partial charge in [0.15, 0.2) is 0 Å². The Kier molecular flexibility index (Phi) is 4.32. The van der Waals surface area contributed by atoms with Crippen LogP contribution in [0.4, 0.5) is 0 Å². The lowest BCUT2D eigenvalue weighted by Crippen LogP contribution is -2.52. The van der Waals surface area contributed by atoms with Crippen molar-refractivity contribution in [2.75, 3.05) is 19.8 Å². The smallest absolute Gasteiger partial charge is 0.113 e. The van der Waals surface area contributed by atoms with Crippen LogP contribution in [0.5, 0.6) is 0 Å². The second-order valence-electron chi connectivity index (χ2n) is 6.58. The van der Waals surface area contributed by atoms with E-state index in [1.807, 2.05) is 0 Å². The van der Waals surface area contributed by atoms with Crippen molar-refractivity contribution < 1.29 is 14.6 Å². The minimum Gasteiger partial charge on any atom is -0.394 e. The van der Waals surface area contributed by atoms with E-state index in [0.717, 1.165) is 12.8 Å². The van der Waals surface area contributed by atoms with Crippen LogP contribution in [0.1, 0.15) is 40.5 Å². The molecule has 0 aliphatic carbocycles. The lowest BCUT2D eigenvalue weighted by Gasteiger charge is -2.34. The quantitative estimate of drug-likeness (QED) is 0.816. The van der Waals surface area contributed by atoms with Crippen molar-refractivity contribution in [3.05, 3.63) is 0 Å².